The molecule has 4 rings (SSSR count). The maximum atomic E-state index is 12.4. The fourth-order valence-electron chi connectivity index (χ4n) is 3.59. The number of aromatic carboxylic acids is 1. The normalized spacial score (nSPS) is 16.9. The molecule has 1 unspecified atom stereocenters. The molecule has 3 aromatic rings. The largest absolute Gasteiger partial charge is 0.478 e. The van der Waals surface area contributed by atoms with Gasteiger partial charge in [0.2, 0.25) is 5.91 Å². The van der Waals surface area contributed by atoms with Gasteiger partial charge in [0, 0.05) is 26.2 Å². The summed E-state index contributed by atoms with van der Waals surface area (Å²) in [7, 11) is 0. The van der Waals surface area contributed by atoms with Crippen molar-refractivity contribution in [1.82, 2.24) is 25.2 Å². The van der Waals surface area contributed by atoms with E-state index in [4.69, 9.17) is 33.0 Å². The molecule has 32 heavy (non-hydrogen) atoms. The number of nitrogens with one attached hydrogen (secondary N) is 1. The summed E-state index contributed by atoms with van der Waals surface area (Å²) in [6, 6.07) is 10.1. The van der Waals surface area contributed by atoms with E-state index < -0.39 is 5.97 Å². The van der Waals surface area contributed by atoms with Crippen molar-refractivity contribution in [3.63, 3.8) is 0 Å². The number of carboxylic acids is 1. The average molecular weight is 478 g/mol. The first-order chi connectivity index (χ1) is 15.4. The number of hydrogen-bond donors (Lipinski definition) is 2. The average Bonchev–Trinajstić information content (AvgIpc) is 3.17. The summed E-state index contributed by atoms with van der Waals surface area (Å²) < 4.78 is 7.23. The molecule has 2 aromatic carbocycles. The van der Waals surface area contributed by atoms with Crippen LogP contribution in [0, 0.1) is 0 Å². The van der Waals surface area contributed by atoms with Gasteiger partial charge in [-0.3, -0.25) is 9.69 Å². The van der Waals surface area contributed by atoms with Crippen LogP contribution in [0.4, 0.5) is 0 Å². The SMILES string of the molecule is O=C(Cn1nnc2cc(C(=O)O)ccc21)NCC1CN(Cc2ccc(Cl)c(Cl)c2)CCO1. The molecular weight excluding hydrogens is 457 g/mol. The van der Waals surface area contributed by atoms with Gasteiger partial charge in [-0.1, -0.05) is 34.5 Å². The van der Waals surface area contributed by atoms with Gasteiger partial charge in [-0.05, 0) is 35.9 Å². The highest BCUT2D eigenvalue weighted by molar-refractivity contribution is 6.42. The molecule has 1 aromatic heterocycles. The van der Waals surface area contributed by atoms with Crippen molar-refractivity contribution in [2.45, 2.75) is 19.2 Å². The standard InChI is InChI=1S/C21H21Cl2N5O4/c22-16-3-1-13(7-17(16)23)10-27-5-6-32-15(11-27)9-24-20(29)12-28-19-4-2-14(21(30)31)8-18(19)25-26-28/h1-4,7-8,15H,5-6,9-12H2,(H,24,29)(H,30,31). The number of carbonyl (C=O) groups is 2. The molecule has 0 aliphatic carbocycles. The zero-order valence-electron chi connectivity index (χ0n) is 17.0. The number of carbonyl (C=O) groups excluding carboxylic acids is 1. The zero-order chi connectivity index (χ0) is 22.7. The van der Waals surface area contributed by atoms with E-state index in [1.54, 1.807) is 12.1 Å². The number of rotatable bonds is 7. The molecule has 0 radical (unpaired) electrons. The summed E-state index contributed by atoms with van der Waals surface area (Å²) in [4.78, 5) is 25.7. The lowest BCUT2D eigenvalue weighted by molar-refractivity contribution is -0.123. The van der Waals surface area contributed by atoms with Crippen LogP contribution in [0.1, 0.15) is 15.9 Å². The van der Waals surface area contributed by atoms with Crippen LogP contribution in [0.3, 0.4) is 0 Å². The van der Waals surface area contributed by atoms with Crippen molar-refractivity contribution in [3.05, 3.63) is 57.6 Å². The third kappa shape index (κ3) is 5.36. The van der Waals surface area contributed by atoms with E-state index in [9.17, 15) is 9.59 Å². The number of morpholine rings is 1. The van der Waals surface area contributed by atoms with Gasteiger partial charge in [-0.2, -0.15) is 0 Å². The highest BCUT2D eigenvalue weighted by Crippen LogP contribution is 2.23. The van der Waals surface area contributed by atoms with Crippen molar-refractivity contribution >= 4 is 46.1 Å². The van der Waals surface area contributed by atoms with Crippen LogP contribution in [0.25, 0.3) is 11.0 Å². The summed E-state index contributed by atoms with van der Waals surface area (Å²) in [6.07, 6.45) is -0.138. The number of halogens is 2. The lowest BCUT2D eigenvalue weighted by Gasteiger charge is -2.33. The van der Waals surface area contributed by atoms with Gasteiger partial charge in [0.15, 0.2) is 0 Å². The van der Waals surface area contributed by atoms with Crippen LogP contribution in [-0.4, -0.2) is 69.2 Å². The summed E-state index contributed by atoms with van der Waals surface area (Å²) in [6.45, 7) is 3.09. The number of amides is 1. The molecule has 1 aliphatic heterocycles. The second-order valence-corrected chi connectivity index (χ2v) is 8.35. The van der Waals surface area contributed by atoms with Crippen LogP contribution < -0.4 is 5.32 Å². The van der Waals surface area contributed by atoms with Crippen molar-refractivity contribution < 1.29 is 19.4 Å². The van der Waals surface area contributed by atoms with E-state index in [1.807, 2.05) is 12.1 Å². The Hall–Kier alpha value is -2.72. The molecule has 0 bridgehead atoms. The molecule has 168 valence electrons. The van der Waals surface area contributed by atoms with E-state index in [1.165, 1.54) is 16.8 Å². The van der Waals surface area contributed by atoms with Gasteiger partial charge >= 0.3 is 5.97 Å². The van der Waals surface area contributed by atoms with Gasteiger partial charge in [0.05, 0.1) is 33.8 Å². The van der Waals surface area contributed by atoms with Gasteiger partial charge in [-0.25, -0.2) is 9.48 Å². The zero-order valence-corrected chi connectivity index (χ0v) is 18.5. The minimum Gasteiger partial charge on any atom is -0.478 e. The van der Waals surface area contributed by atoms with E-state index in [0.717, 1.165) is 12.1 Å². The van der Waals surface area contributed by atoms with Crippen molar-refractivity contribution in [2.75, 3.05) is 26.2 Å². The lowest BCUT2D eigenvalue weighted by Crippen LogP contribution is -2.47. The summed E-state index contributed by atoms with van der Waals surface area (Å²) in [5.74, 6) is -1.27. The first-order valence-electron chi connectivity index (χ1n) is 10.00. The second-order valence-electron chi connectivity index (χ2n) is 7.54. The van der Waals surface area contributed by atoms with Crippen molar-refractivity contribution in [1.29, 1.82) is 0 Å². The fraction of sp³-hybridized carbons (Fsp3) is 0.333. The Morgan fingerprint density at radius 3 is 2.81 bits per heavy atom. The fourth-order valence-corrected chi connectivity index (χ4v) is 3.91. The summed E-state index contributed by atoms with van der Waals surface area (Å²) in [5, 5.41) is 20.9. The Morgan fingerprint density at radius 1 is 1.19 bits per heavy atom. The molecule has 1 saturated heterocycles. The van der Waals surface area contributed by atoms with E-state index in [2.05, 4.69) is 20.5 Å². The highest BCUT2D eigenvalue weighted by atomic mass is 35.5. The molecule has 1 amide bonds. The van der Waals surface area contributed by atoms with Crippen LogP contribution in [0.2, 0.25) is 10.0 Å². The predicted octanol–water partition coefficient (Wildman–Crippen LogP) is 2.45. The number of hydrogen-bond acceptors (Lipinski definition) is 6. The topological polar surface area (TPSA) is 110 Å². The maximum absolute atomic E-state index is 12.4. The number of carboxylic acid groups (broad SMARTS) is 1. The monoisotopic (exact) mass is 477 g/mol. The van der Waals surface area contributed by atoms with E-state index in [-0.39, 0.29) is 24.1 Å². The molecular formula is C21H21Cl2N5O4. The van der Waals surface area contributed by atoms with Crippen molar-refractivity contribution in [3.8, 4) is 0 Å². The molecule has 1 atom stereocenters. The van der Waals surface area contributed by atoms with E-state index >= 15 is 0 Å². The Kier molecular flexibility index (Phi) is 6.90. The summed E-state index contributed by atoms with van der Waals surface area (Å²) in [5.41, 5.74) is 2.19. The van der Waals surface area contributed by atoms with Crippen molar-refractivity contribution in [2.24, 2.45) is 0 Å². The van der Waals surface area contributed by atoms with E-state index in [0.29, 0.717) is 47.3 Å². The van der Waals surface area contributed by atoms with Gasteiger partial charge in [-0.15, -0.1) is 5.10 Å². The Labute approximate surface area is 193 Å². The third-order valence-electron chi connectivity index (χ3n) is 5.19. The summed E-state index contributed by atoms with van der Waals surface area (Å²) >= 11 is 12.1. The Morgan fingerprint density at radius 2 is 2.03 bits per heavy atom. The molecule has 1 fully saturated rings. The number of nitrogens with zero attached hydrogens (tertiary/aromatic N) is 4. The van der Waals surface area contributed by atoms with Crippen LogP contribution in [-0.2, 0) is 22.6 Å². The van der Waals surface area contributed by atoms with Crippen LogP contribution >= 0.6 is 23.2 Å². The molecule has 11 heteroatoms. The molecule has 9 nitrogen and oxygen atoms in total. The molecule has 2 heterocycles. The Bertz CT molecular complexity index is 1150. The second kappa shape index (κ2) is 9.83. The van der Waals surface area contributed by atoms with Gasteiger partial charge in [0.1, 0.15) is 12.1 Å². The Balaban J connectivity index is 1.29. The van der Waals surface area contributed by atoms with Gasteiger partial charge < -0.3 is 15.2 Å². The smallest absolute Gasteiger partial charge is 0.335 e. The van der Waals surface area contributed by atoms with Gasteiger partial charge in [0.25, 0.3) is 0 Å². The molecule has 0 spiro atoms. The maximum Gasteiger partial charge on any atom is 0.335 e. The highest BCUT2D eigenvalue weighted by Gasteiger charge is 2.21. The predicted molar refractivity (Wildman–Crippen MR) is 119 cm³/mol. The number of ether oxygens (including phenoxy) is 1. The lowest BCUT2D eigenvalue weighted by atomic mass is 10.2. The number of aromatic nitrogens is 3. The third-order valence-corrected chi connectivity index (χ3v) is 5.93. The molecule has 2 N–H and O–H groups in total. The minimum atomic E-state index is -1.04. The first-order valence-corrected chi connectivity index (χ1v) is 10.8. The minimum absolute atomic E-state index is 0.0252. The van der Waals surface area contributed by atoms with Crippen LogP contribution in [0.5, 0.6) is 0 Å². The molecule has 1 aliphatic rings. The first kappa shape index (κ1) is 22.5. The quantitative estimate of drug-likeness (QED) is 0.537. The van der Waals surface area contributed by atoms with Crippen LogP contribution in [0.15, 0.2) is 36.4 Å². The molecule has 0 saturated carbocycles. The number of fused-ring (bicyclic) bond motifs is 1. The number of benzene rings is 2.